The summed E-state index contributed by atoms with van der Waals surface area (Å²) in [5.41, 5.74) is 0. The third-order valence-electron chi connectivity index (χ3n) is 4.26. The van der Waals surface area contributed by atoms with E-state index in [4.69, 9.17) is 33.0 Å². The Morgan fingerprint density at radius 3 is 2.09 bits per heavy atom. The van der Waals surface area contributed by atoms with Crippen molar-refractivity contribution < 1.29 is 86.7 Å². The van der Waals surface area contributed by atoms with Crippen LogP contribution in [0.5, 0.6) is 0 Å². The van der Waals surface area contributed by atoms with Crippen molar-refractivity contribution in [2.45, 2.75) is 49.1 Å². The molecule has 0 spiro atoms. The number of hydrogen-bond acceptors (Lipinski definition) is 15. The summed E-state index contributed by atoms with van der Waals surface area (Å²) in [6.45, 7) is -1.25. The maximum atomic E-state index is 11.2. The minimum absolute atomic E-state index is 0.442. The van der Waals surface area contributed by atoms with Gasteiger partial charge >= 0.3 is 37.1 Å². The van der Waals surface area contributed by atoms with Gasteiger partial charge in [0.25, 0.3) is 0 Å². The second-order valence-electron chi connectivity index (χ2n) is 6.79. The van der Waals surface area contributed by atoms with E-state index in [-0.39, 0.29) is 0 Å². The molecule has 23 heteroatoms. The minimum atomic E-state index is -5.36. The first kappa shape index (κ1) is 29.6. The number of rotatable bonds is 10. The van der Waals surface area contributed by atoms with Gasteiger partial charge in [-0.25, -0.2) is 13.2 Å². The highest BCUT2D eigenvalue weighted by molar-refractivity contribution is 7.83. The fraction of sp³-hybridized carbons (Fsp3) is 0.750. The number of aliphatic hydroxyl groups excluding tert-OH is 3. The fourth-order valence-electron chi connectivity index (χ4n) is 2.96. The van der Waals surface area contributed by atoms with Crippen molar-refractivity contribution in [3.63, 3.8) is 0 Å². The number of carboxylic acid groups (broad SMARTS) is 1. The minimum Gasteiger partial charge on any atom is -0.475 e. The molecular formula is C12H19NO19S3. The zero-order chi connectivity index (χ0) is 26.9. The van der Waals surface area contributed by atoms with Crippen LogP contribution in [0.4, 0.5) is 0 Å². The van der Waals surface area contributed by atoms with Crippen molar-refractivity contribution in [1.82, 2.24) is 4.72 Å². The second kappa shape index (κ2) is 10.8. The van der Waals surface area contributed by atoms with E-state index in [1.807, 2.05) is 0 Å². The Kier molecular flexibility index (Phi) is 9.15. The Balaban J connectivity index is 2.44. The first-order valence-electron chi connectivity index (χ1n) is 8.76. The molecule has 2 aliphatic rings. The Bertz CT molecular complexity index is 1130. The average Bonchev–Trinajstić information content (AvgIpc) is 2.65. The van der Waals surface area contributed by atoms with Crippen LogP contribution in [-0.4, -0.2) is 121 Å². The second-order valence-corrected chi connectivity index (χ2v) is 10.1. The van der Waals surface area contributed by atoms with Gasteiger partial charge in [0.1, 0.15) is 30.5 Å². The van der Waals surface area contributed by atoms with Gasteiger partial charge in [0.2, 0.25) is 12.0 Å². The Hall–Kier alpha value is -1.58. The lowest BCUT2D eigenvalue weighted by Crippen LogP contribution is -2.66. The molecule has 2 rings (SSSR count). The topological polar surface area (TPSA) is 319 Å². The summed E-state index contributed by atoms with van der Waals surface area (Å²) in [4.78, 5) is 11.2. The zero-order valence-corrected chi connectivity index (χ0v) is 19.1. The molecular weight excluding hydrogens is 558 g/mol. The molecule has 0 aromatic rings. The van der Waals surface area contributed by atoms with Gasteiger partial charge in [0, 0.05) is 0 Å². The van der Waals surface area contributed by atoms with Crippen molar-refractivity contribution >= 4 is 37.1 Å². The van der Waals surface area contributed by atoms with Crippen LogP contribution in [0, 0.1) is 0 Å². The molecule has 0 aliphatic carbocycles. The maximum Gasteiger partial charge on any atom is 0.397 e. The molecule has 204 valence electrons. The van der Waals surface area contributed by atoms with Crippen molar-refractivity contribution in [2.75, 3.05) is 6.61 Å². The predicted octanol–water partition coefficient (Wildman–Crippen LogP) is -5.10. The van der Waals surface area contributed by atoms with Crippen LogP contribution in [0.1, 0.15) is 0 Å². The molecule has 2 heterocycles. The predicted molar refractivity (Wildman–Crippen MR) is 101 cm³/mol. The fourth-order valence-corrected chi connectivity index (χ4v) is 4.35. The highest BCUT2D eigenvalue weighted by Gasteiger charge is 2.51. The van der Waals surface area contributed by atoms with Crippen LogP contribution in [0.15, 0.2) is 11.8 Å². The molecule has 8 N–H and O–H groups in total. The van der Waals surface area contributed by atoms with Crippen LogP contribution < -0.4 is 4.72 Å². The molecule has 0 saturated carbocycles. The normalized spacial score (nSPS) is 34.6. The zero-order valence-electron chi connectivity index (χ0n) is 16.7. The van der Waals surface area contributed by atoms with Gasteiger partial charge in [-0.05, 0) is 6.08 Å². The monoisotopic (exact) mass is 577 g/mol. The van der Waals surface area contributed by atoms with Crippen molar-refractivity contribution in [2.24, 2.45) is 0 Å². The highest BCUT2D eigenvalue weighted by atomic mass is 32.3. The van der Waals surface area contributed by atoms with E-state index in [0.717, 1.165) is 0 Å². The molecule has 20 nitrogen and oxygen atoms in total. The SMILES string of the molecule is O=C(O)C1=C[C@H](O)[C@@H](OS(=O)(=O)O)[C@H](O[C@H]2[C@H](O)[C@@H](NS(=O)(=O)O)C(O)O[C@@H]2COS(=O)(=O)O)O1. The van der Waals surface area contributed by atoms with Crippen LogP contribution >= 0.6 is 0 Å². The number of carboxylic acids is 1. The number of aliphatic carboxylic acids is 1. The van der Waals surface area contributed by atoms with E-state index in [0.29, 0.717) is 6.08 Å². The Morgan fingerprint density at radius 1 is 1.00 bits per heavy atom. The number of aliphatic hydroxyl groups is 3. The van der Waals surface area contributed by atoms with Gasteiger partial charge in [-0.3, -0.25) is 13.7 Å². The van der Waals surface area contributed by atoms with Crippen molar-refractivity contribution in [1.29, 1.82) is 0 Å². The summed E-state index contributed by atoms with van der Waals surface area (Å²) in [5.74, 6) is -2.88. The summed E-state index contributed by atoms with van der Waals surface area (Å²) in [7, 11) is -15.7. The van der Waals surface area contributed by atoms with Crippen LogP contribution in [0.2, 0.25) is 0 Å². The van der Waals surface area contributed by atoms with E-state index in [1.165, 1.54) is 4.72 Å². The lowest BCUT2D eigenvalue weighted by molar-refractivity contribution is -0.303. The first-order chi connectivity index (χ1) is 15.8. The standard InChI is InChI=1S/C12H19NO19S3/c14-3-1-4(10(16)17)30-12(8(3)32-35(25,26)27)31-9-5(2-28-34(22,23)24)29-11(18)6(7(9)15)13-33(19,20)21/h1,3,5-9,11-15,18H,2H2,(H,16,17)(H,19,20,21)(H,22,23,24)(H,25,26,27)/t3-,5+,6+,7+,8+,9+,11?,12-/m0/s1. The summed E-state index contributed by atoms with van der Waals surface area (Å²) in [5, 5.41) is 39.6. The smallest absolute Gasteiger partial charge is 0.397 e. The maximum absolute atomic E-state index is 11.2. The summed E-state index contributed by atoms with van der Waals surface area (Å²) >= 11 is 0. The molecule has 0 aromatic carbocycles. The summed E-state index contributed by atoms with van der Waals surface area (Å²) in [6.07, 6.45) is -15.1. The first-order valence-corrected chi connectivity index (χ1v) is 12.9. The highest BCUT2D eigenvalue weighted by Crippen LogP contribution is 2.30. The number of hydrogen-bond donors (Lipinski definition) is 8. The van der Waals surface area contributed by atoms with E-state index in [2.05, 4.69) is 8.37 Å². The van der Waals surface area contributed by atoms with Gasteiger partial charge in [-0.15, -0.1) is 0 Å². The summed E-state index contributed by atoms with van der Waals surface area (Å²) < 4.78 is 117. The molecule has 0 amide bonds. The largest absolute Gasteiger partial charge is 0.475 e. The lowest BCUT2D eigenvalue weighted by Gasteiger charge is -2.44. The number of ether oxygens (including phenoxy) is 3. The van der Waals surface area contributed by atoms with E-state index in [9.17, 15) is 45.4 Å². The van der Waals surface area contributed by atoms with Crippen LogP contribution in [0.3, 0.4) is 0 Å². The third-order valence-corrected chi connectivity index (χ3v) is 5.73. The van der Waals surface area contributed by atoms with Gasteiger partial charge in [0.15, 0.2) is 12.4 Å². The molecule has 1 unspecified atom stereocenters. The number of carbonyl (C=O) groups is 1. The van der Waals surface area contributed by atoms with Gasteiger partial charge in [-0.2, -0.15) is 30.0 Å². The lowest BCUT2D eigenvalue weighted by atomic mass is 9.97. The molecule has 0 aromatic heterocycles. The quantitative estimate of drug-likeness (QED) is 0.112. The van der Waals surface area contributed by atoms with Crippen LogP contribution in [0.25, 0.3) is 0 Å². The van der Waals surface area contributed by atoms with Gasteiger partial charge < -0.3 is 34.6 Å². The Labute approximate surface area is 196 Å². The van der Waals surface area contributed by atoms with Gasteiger partial charge in [0.05, 0.1) is 6.61 Å². The Morgan fingerprint density at radius 2 is 1.60 bits per heavy atom. The van der Waals surface area contributed by atoms with Crippen LogP contribution in [-0.2, 0) is 58.5 Å². The number of nitrogens with one attached hydrogen (secondary N) is 1. The van der Waals surface area contributed by atoms with Crippen molar-refractivity contribution in [3.8, 4) is 0 Å². The molecule has 1 fully saturated rings. The van der Waals surface area contributed by atoms with E-state index in [1.54, 1.807) is 0 Å². The third kappa shape index (κ3) is 8.79. The van der Waals surface area contributed by atoms with E-state index >= 15 is 0 Å². The molecule has 1 saturated heterocycles. The molecule has 2 aliphatic heterocycles. The van der Waals surface area contributed by atoms with Crippen molar-refractivity contribution in [3.05, 3.63) is 11.8 Å². The molecule has 35 heavy (non-hydrogen) atoms. The molecule has 0 bridgehead atoms. The molecule has 8 atom stereocenters. The van der Waals surface area contributed by atoms with E-state index < -0.39 is 98.6 Å². The molecule has 0 radical (unpaired) electrons. The summed E-state index contributed by atoms with van der Waals surface area (Å²) in [6, 6.07) is -2.15. The van der Waals surface area contributed by atoms with Gasteiger partial charge in [-0.1, -0.05) is 0 Å². The average molecular weight is 577 g/mol.